The summed E-state index contributed by atoms with van der Waals surface area (Å²) in [6.45, 7) is 3.64. The Kier molecular flexibility index (Phi) is 7.28. The van der Waals surface area contributed by atoms with Crippen molar-refractivity contribution in [2.24, 2.45) is 0 Å². The Morgan fingerprint density at radius 3 is 2.56 bits per heavy atom. The molecule has 0 aliphatic rings. The summed E-state index contributed by atoms with van der Waals surface area (Å²) in [6, 6.07) is 7.40. The molecule has 1 aromatic carbocycles. The molecule has 0 radical (unpaired) electrons. The third kappa shape index (κ3) is 4.94. The van der Waals surface area contributed by atoms with Crippen molar-refractivity contribution in [1.29, 1.82) is 0 Å². The Labute approximate surface area is 114 Å². The van der Waals surface area contributed by atoms with Crippen molar-refractivity contribution in [2.75, 3.05) is 20.3 Å². The highest BCUT2D eigenvalue weighted by Crippen LogP contribution is 2.20. The molecule has 0 saturated heterocycles. The molecule has 2 unspecified atom stereocenters. The predicted octanol–water partition coefficient (Wildman–Crippen LogP) is 2.78. The maximum atomic E-state index is 10.3. The van der Waals surface area contributed by atoms with E-state index in [1.54, 1.807) is 19.2 Å². The van der Waals surface area contributed by atoms with Gasteiger partial charge in [-0.1, -0.05) is 30.7 Å². The lowest BCUT2D eigenvalue weighted by Gasteiger charge is -2.23. The lowest BCUT2D eigenvalue weighted by atomic mass is 10.0. The van der Waals surface area contributed by atoms with E-state index < -0.39 is 6.10 Å². The zero-order chi connectivity index (χ0) is 13.4. The third-order valence-corrected chi connectivity index (χ3v) is 3.22. The van der Waals surface area contributed by atoms with Gasteiger partial charge in [0, 0.05) is 24.8 Å². The monoisotopic (exact) mass is 271 g/mol. The SMILES string of the molecule is CCC(NCCCOC)C(O)c1ccc(Cl)cc1. The minimum atomic E-state index is -0.505. The molecule has 2 N–H and O–H groups in total. The summed E-state index contributed by atoms with van der Waals surface area (Å²) in [4.78, 5) is 0. The summed E-state index contributed by atoms with van der Waals surface area (Å²) in [5, 5.41) is 14.3. The first-order valence-corrected chi connectivity index (χ1v) is 6.72. The fourth-order valence-electron chi connectivity index (χ4n) is 1.88. The van der Waals surface area contributed by atoms with E-state index in [0.717, 1.165) is 31.6 Å². The van der Waals surface area contributed by atoms with E-state index in [0.29, 0.717) is 5.02 Å². The molecule has 0 saturated carbocycles. The molecule has 0 aliphatic heterocycles. The molecule has 0 bridgehead atoms. The smallest absolute Gasteiger partial charge is 0.0942 e. The van der Waals surface area contributed by atoms with Crippen molar-refractivity contribution in [3.63, 3.8) is 0 Å². The molecule has 0 fully saturated rings. The molecule has 0 amide bonds. The molecule has 0 spiro atoms. The topological polar surface area (TPSA) is 41.5 Å². The van der Waals surface area contributed by atoms with E-state index in [-0.39, 0.29) is 6.04 Å². The van der Waals surface area contributed by atoms with Crippen LogP contribution < -0.4 is 5.32 Å². The first-order chi connectivity index (χ1) is 8.69. The largest absolute Gasteiger partial charge is 0.387 e. The van der Waals surface area contributed by atoms with Crippen LogP contribution in [0.15, 0.2) is 24.3 Å². The number of benzene rings is 1. The third-order valence-electron chi connectivity index (χ3n) is 2.96. The second-order valence-electron chi connectivity index (χ2n) is 4.31. The Balaban J connectivity index is 2.50. The number of hydrogen-bond donors (Lipinski definition) is 2. The average molecular weight is 272 g/mol. The standard InChI is InChI=1S/C14H22ClNO2/c1-3-13(16-9-4-10-18-2)14(17)11-5-7-12(15)8-6-11/h5-8,13-14,16-17H,3-4,9-10H2,1-2H3. The first-order valence-electron chi connectivity index (χ1n) is 6.35. The highest BCUT2D eigenvalue weighted by atomic mass is 35.5. The van der Waals surface area contributed by atoms with Crippen molar-refractivity contribution in [3.05, 3.63) is 34.9 Å². The van der Waals surface area contributed by atoms with Gasteiger partial charge in [0.2, 0.25) is 0 Å². The van der Waals surface area contributed by atoms with E-state index >= 15 is 0 Å². The summed E-state index contributed by atoms with van der Waals surface area (Å²) in [6.07, 6.45) is 1.31. The summed E-state index contributed by atoms with van der Waals surface area (Å²) >= 11 is 5.84. The van der Waals surface area contributed by atoms with E-state index in [1.165, 1.54) is 0 Å². The van der Waals surface area contributed by atoms with Gasteiger partial charge in [0.1, 0.15) is 0 Å². The molecule has 0 heterocycles. The molecule has 4 heteroatoms. The van der Waals surface area contributed by atoms with Crippen LogP contribution in [-0.2, 0) is 4.74 Å². The summed E-state index contributed by atoms with van der Waals surface area (Å²) < 4.78 is 5.00. The number of methoxy groups -OCH3 is 1. The van der Waals surface area contributed by atoms with Gasteiger partial charge in [-0.25, -0.2) is 0 Å². The molecular weight excluding hydrogens is 250 g/mol. The lowest BCUT2D eigenvalue weighted by molar-refractivity contribution is 0.123. The quantitative estimate of drug-likeness (QED) is 0.715. The summed E-state index contributed by atoms with van der Waals surface area (Å²) in [5.74, 6) is 0. The highest BCUT2D eigenvalue weighted by Gasteiger charge is 2.18. The number of hydrogen-bond acceptors (Lipinski definition) is 3. The van der Waals surface area contributed by atoms with Gasteiger partial charge in [0.25, 0.3) is 0 Å². The Morgan fingerprint density at radius 2 is 2.00 bits per heavy atom. The zero-order valence-corrected chi connectivity index (χ0v) is 11.8. The minimum absolute atomic E-state index is 0.0584. The number of halogens is 1. The Bertz CT molecular complexity index is 329. The van der Waals surface area contributed by atoms with E-state index in [2.05, 4.69) is 12.2 Å². The van der Waals surface area contributed by atoms with Crippen LogP contribution in [0.3, 0.4) is 0 Å². The maximum absolute atomic E-state index is 10.3. The van der Waals surface area contributed by atoms with Crippen LogP contribution in [0.2, 0.25) is 5.02 Å². The molecule has 3 nitrogen and oxygen atoms in total. The maximum Gasteiger partial charge on any atom is 0.0942 e. The van der Waals surface area contributed by atoms with Crippen molar-refractivity contribution in [2.45, 2.75) is 31.9 Å². The Hall–Kier alpha value is -0.610. The Morgan fingerprint density at radius 1 is 1.33 bits per heavy atom. The van der Waals surface area contributed by atoms with Crippen LogP contribution >= 0.6 is 11.6 Å². The van der Waals surface area contributed by atoms with Crippen molar-refractivity contribution in [1.82, 2.24) is 5.32 Å². The molecule has 1 rings (SSSR count). The minimum Gasteiger partial charge on any atom is -0.387 e. The lowest BCUT2D eigenvalue weighted by Crippen LogP contribution is -2.35. The summed E-state index contributed by atoms with van der Waals surface area (Å²) in [7, 11) is 1.69. The molecule has 2 atom stereocenters. The van der Waals surface area contributed by atoms with Gasteiger partial charge in [0.15, 0.2) is 0 Å². The van der Waals surface area contributed by atoms with E-state index in [1.807, 2.05) is 12.1 Å². The van der Waals surface area contributed by atoms with Crippen LogP contribution in [0.1, 0.15) is 31.4 Å². The van der Waals surface area contributed by atoms with Crippen LogP contribution in [0.25, 0.3) is 0 Å². The van der Waals surface area contributed by atoms with Gasteiger partial charge >= 0.3 is 0 Å². The average Bonchev–Trinajstić information content (AvgIpc) is 2.39. The molecule has 1 aromatic rings. The van der Waals surface area contributed by atoms with Crippen LogP contribution in [0.5, 0.6) is 0 Å². The highest BCUT2D eigenvalue weighted by molar-refractivity contribution is 6.30. The van der Waals surface area contributed by atoms with Crippen LogP contribution in [0.4, 0.5) is 0 Å². The second-order valence-corrected chi connectivity index (χ2v) is 4.75. The second kappa shape index (κ2) is 8.48. The number of rotatable bonds is 8. The fraction of sp³-hybridized carbons (Fsp3) is 0.571. The normalized spacial score (nSPS) is 14.4. The van der Waals surface area contributed by atoms with E-state index in [4.69, 9.17) is 16.3 Å². The van der Waals surface area contributed by atoms with Crippen molar-refractivity contribution < 1.29 is 9.84 Å². The predicted molar refractivity (Wildman–Crippen MR) is 75.0 cm³/mol. The van der Waals surface area contributed by atoms with Gasteiger partial charge in [-0.3, -0.25) is 0 Å². The number of aliphatic hydroxyl groups excluding tert-OH is 1. The van der Waals surface area contributed by atoms with Crippen LogP contribution in [0, 0.1) is 0 Å². The fourth-order valence-corrected chi connectivity index (χ4v) is 2.00. The van der Waals surface area contributed by atoms with Gasteiger partial charge in [-0.2, -0.15) is 0 Å². The molecule has 0 aromatic heterocycles. The molecule has 18 heavy (non-hydrogen) atoms. The molecule has 0 aliphatic carbocycles. The van der Waals surface area contributed by atoms with Gasteiger partial charge in [-0.05, 0) is 37.1 Å². The molecular formula is C14H22ClNO2. The zero-order valence-electron chi connectivity index (χ0n) is 11.0. The molecule has 102 valence electrons. The van der Waals surface area contributed by atoms with Gasteiger partial charge < -0.3 is 15.2 Å². The van der Waals surface area contributed by atoms with Gasteiger partial charge in [-0.15, -0.1) is 0 Å². The number of nitrogens with one attached hydrogen (secondary N) is 1. The van der Waals surface area contributed by atoms with E-state index in [9.17, 15) is 5.11 Å². The van der Waals surface area contributed by atoms with Crippen molar-refractivity contribution >= 4 is 11.6 Å². The van der Waals surface area contributed by atoms with Crippen LogP contribution in [-0.4, -0.2) is 31.4 Å². The first kappa shape index (κ1) is 15.4. The van der Waals surface area contributed by atoms with Gasteiger partial charge in [0.05, 0.1) is 6.10 Å². The van der Waals surface area contributed by atoms with Crippen molar-refractivity contribution in [3.8, 4) is 0 Å². The number of aliphatic hydroxyl groups is 1. The summed E-state index contributed by atoms with van der Waals surface area (Å²) in [5.41, 5.74) is 0.894. The number of ether oxygens (including phenoxy) is 1.